The van der Waals surface area contributed by atoms with E-state index in [9.17, 15) is 12.6 Å². The van der Waals surface area contributed by atoms with Gasteiger partial charge in [-0.15, -0.1) is 0 Å². The van der Waals surface area contributed by atoms with Gasteiger partial charge in [-0.1, -0.05) is 0 Å². The molecule has 21 heavy (non-hydrogen) atoms. The van der Waals surface area contributed by atoms with E-state index in [1.807, 2.05) is 11.8 Å². The van der Waals surface area contributed by atoms with Crippen molar-refractivity contribution >= 4 is 32.4 Å². The summed E-state index contributed by atoms with van der Waals surface area (Å²) in [5, 5.41) is 3.67. The number of thioether (sulfide) groups is 1. The molecule has 0 aromatic heterocycles. The molecular weight excluding hydrogens is 334 g/mol. The molecule has 3 aliphatic rings. The zero-order valence-electron chi connectivity index (χ0n) is 11.7. The van der Waals surface area contributed by atoms with Gasteiger partial charge in [0, 0.05) is 34.9 Å². The fourth-order valence-electron chi connectivity index (χ4n) is 2.87. The Labute approximate surface area is 132 Å². The van der Waals surface area contributed by atoms with Crippen LogP contribution in [0.3, 0.4) is 0 Å². The lowest BCUT2D eigenvalue weighted by molar-refractivity contribution is -0.0562. The highest BCUT2D eigenvalue weighted by Crippen LogP contribution is 2.27. The van der Waals surface area contributed by atoms with Crippen LogP contribution in [-0.2, 0) is 30.1 Å². The lowest BCUT2D eigenvalue weighted by atomic mass is 10.2. The van der Waals surface area contributed by atoms with Crippen LogP contribution in [0.25, 0.3) is 0 Å². The largest absolute Gasteiger partial charge is 0.373 e. The van der Waals surface area contributed by atoms with Gasteiger partial charge in [-0.25, -0.2) is 8.42 Å². The van der Waals surface area contributed by atoms with Crippen molar-refractivity contribution in [2.75, 3.05) is 49.3 Å². The Bertz CT molecular complexity index is 491. The van der Waals surface area contributed by atoms with Crippen LogP contribution in [0.1, 0.15) is 0 Å². The molecule has 1 N–H and O–H groups in total. The average Bonchev–Trinajstić information content (AvgIpc) is 2.47. The first-order valence-electron chi connectivity index (χ1n) is 7.18. The minimum absolute atomic E-state index is 0.0146. The van der Waals surface area contributed by atoms with Crippen LogP contribution < -0.4 is 5.32 Å². The van der Waals surface area contributed by atoms with Gasteiger partial charge in [-0.05, 0) is 0 Å². The molecule has 5 unspecified atom stereocenters. The summed E-state index contributed by atoms with van der Waals surface area (Å²) in [5.41, 5.74) is 0. The Balaban J connectivity index is 1.59. The molecule has 3 fully saturated rings. The topological polar surface area (TPSA) is 81.7 Å². The first-order valence-corrected chi connectivity index (χ1v) is 11.4. The standard InChI is InChI=1S/C12H21NO5S3/c14-20-7-9(10-8-21(15,16)4-2-17-10)18-6-12(20)11-5-13-1-3-19-11/h9-13H,1-8H2. The summed E-state index contributed by atoms with van der Waals surface area (Å²) >= 11 is 1.85. The molecule has 5 atom stereocenters. The maximum atomic E-state index is 12.5. The van der Waals surface area contributed by atoms with Crippen molar-refractivity contribution in [3.63, 3.8) is 0 Å². The second kappa shape index (κ2) is 6.84. The van der Waals surface area contributed by atoms with E-state index in [1.165, 1.54) is 0 Å². The number of nitrogens with one attached hydrogen (secondary N) is 1. The first kappa shape index (κ1) is 16.2. The molecule has 3 saturated heterocycles. The molecule has 122 valence electrons. The number of rotatable bonds is 2. The second-order valence-corrected chi connectivity index (χ2v) is 10.9. The Kier molecular flexibility index (Phi) is 5.27. The highest BCUT2D eigenvalue weighted by molar-refractivity contribution is 8.01. The van der Waals surface area contributed by atoms with Gasteiger partial charge in [0.25, 0.3) is 0 Å². The molecule has 0 amide bonds. The summed E-state index contributed by atoms with van der Waals surface area (Å²) < 4.78 is 47.2. The van der Waals surface area contributed by atoms with Gasteiger partial charge in [0.1, 0.15) is 0 Å². The normalized spacial score (nSPS) is 44.3. The van der Waals surface area contributed by atoms with Gasteiger partial charge in [0.2, 0.25) is 0 Å². The first-order chi connectivity index (χ1) is 10.1. The van der Waals surface area contributed by atoms with Crippen molar-refractivity contribution in [3.05, 3.63) is 0 Å². The van der Waals surface area contributed by atoms with Crippen molar-refractivity contribution in [2.45, 2.75) is 22.7 Å². The quantitative estimate of drug-likeness (QED) is 0.682. The number of hydrogen-bond acceptors (Lipinski definition) is 7. The summed E-state index contributed by atoms with van der Waals surface area (Å²) in [6.07, 6.45) is -0.829. The second-order valence-electron chi connectivity index (χ2n) is 5.59. The fourth-order valence-corrected chi connectivity index (χ4v) is 7.44. The molecule has 3 heterocycles. The van der Waals surface area contributed by atoms with Gasteiger partial charge in [-0.2, -0.15) is 11.8 Å². The summed E-state index contributed by atoms with van der Waals surface area (Å²) in [4.78, 5) is 0. The highest BCUT2D eigenvalue weighted by atomic mass is 32.2. The predicted octanol–water partition coefficient (Wildman–Crippen LogP) is -0.979. The van der Waals surface area contributed by atoms with Crippen molar-refractivity contribution in [1.29, 1.82) is 0 Å². The molecule has 0 aromatic rings. The third-order valence-corrected chi connectivity index (χ3v) is 9.03. The molecule has 9 heteroatoms. The van der Waals surface area contributed by atoms with E-state index in [1.54, 1.807) is 0 Å². The van der Waals surface area contributed by atoms with Crippen LogP contribution in [0, 0.1) is 0 Å². The predicted molar refractivity (Wildman–Crippen MR) is 84.0 cm³/mol. The lowest BCUT2D eigenvalue weighted by Gasteiger charge is -2.38. The third-order valence-electron chi connectivity index (χ3n) is 4.07. The molecule has 0 aromatic carbocycles. The van der Waals surface area contributed by atoms with E-state index in [0.717, 1.165) is 18.8 Å². The molecular formula is C12H21NO5S3. The smallest absolute Gasteiger partial charge is 0.155 e. The SMILES string of the molecule is O=S1CC(C2CS(=O)(=O)CCO2)OCC1C1CNCCS1. The van der Waals surface area contributed by atoms with Crippen LogP contribution >= 0.6 is 11.8 Å². The van der Waals surface area contributed by atoms with Crippen LogP contribution in [0.5, 0.6) is 0 Å². The molecule has 3 rings (SSSR count). The zero-order chi connectivity index (χ0) is 14.9. The van der Waals surface area contributed by atoms with Crippen LogP contribution in [0.2, 0.25) is 0 Å². The molecule has 6 nitrogen and oxygen atoms in total. The van der Waals surface area contributed by atoms with Crippen LogP contribution in [-0.4, -0.2) is 84.6 Å². The maximum absolute atomic E-state index is 12.5. The van der Waals surface area contributed by atoms with E-state index in [4.69, 9.17) is 9.47 Å². The zero-order valence-corrected chi connectivity index (χ0v) is 14.2. The molecule has 0 bridgehead atoms. The van der Waals surface area contributed by atoms with Gasteiger partial charge < -0.3 is 14.8 Å². The van der Waals surface area contributed by atoms with Crippen molar-refractivity contribution in [3.8, 4) is 0 Å². The minimum atomic E-state index is -3.05. The fraction of sp³-hybridized carbons (Fsp3) is 1.00. The molecule has 0 spiro atoms. The maximum Gasteiger partial charge on any atom is 0.155 e. The summed E-state index contributed by atoms with van der Waals surface area (Å²) in [5.74, 6) is 1.47. The Morgan fingerprint density at radius 2 is 2.10 bits per heavy atom. The van der Waals surface area contributed by atoms with E-state index < -0.39 is 26.7 Å². The van der Waals surface area contributed by atoms with Crippen molar-refractivity contribution in [1.82, 2.24) is 5.32 Å². The van der Waals surface area contributed by atoms with Crippen molar-refractivity contribution < 1.29 is 22.1 Å². The Morgan fingerprint density at radius 3 is 2.76 bits per heavy atom. The van der Waals surface area contributed by atoms with Gasteiger partial charge in [0.15, 0.2) is 9.84 Å². The summed E-state index contributed by atoms with van der Waals surface area (Å²) in [7, 11) is -4.04. The number of sulfone groups is 1. The molecule has 0 radical (unpaired) electrons. The highest BCUT2D eigenvalue weighted by Gasteiger charge is 2.40. The third kappa shape index (κ3) is 4.00. The van der Waals surface area contributed by atoms with E-state index in [0.29, 0.717) is 17.6 Å². The summed E-state index contributed by atoms with van der Waals surface area (Å²) in [6.45, 7) is 2.50. The van der Waals surface area contributed by atoms with Crippen LogP contribution in [0.4, 0.5) is 0 Å². The van der Waals surface area contributed by atoms with Gasteiger partial charge in [0.05, 0.1) is 47.9 Å². The summed E-state index contributed by atoms with van der Waals surface area (Å²) in [6, 6.07) is 0. The number of hydrogen-bond donors (Lipinski definition) is 1. The molecule has 3 aliphatic heterocycles. The number of ether oxygens (including phenoxy) is 2. The lowest BCUT2D eigenvalue weighted by Crippen LogP contribution is -2.53. The van der Waals surface area contributed by atoms with Crippen molar-refractivity contribution in [2.24, 2.45) is 0 Å². The van der Waals surface area contributed by atoms with E-state index >= 15 is 0 Å². The molecule has 0 saturated carbocycles. The Hall–Kier alpha value is 0.330. The minimum Gasteiger partial charge on any atom is -0.373 e. The molecule has 0 aliphatic carbocycles. The van der Waals surface area contributed by atoms with E-state index in [-0.39, 0.29) is 29.5 Å². The average molecular weight is 356 g/mol. The monoisotopic (exact) mass is 355 g/mol. The van der Waals surface area contributed by atoms with Crippen LogP contribution in [0.15, 0.2) is 0 Å². The van der Waals surface area contributed by atoms with Gasteiger partial charge >= 0.3 is 0 Å². The van der Waals surface area contributed by atoms with Gasteiger partial charge in [-0.3, -0.25) is 4.21 Å². The Morgan fingerprint density at radius 1 is 1.24 bits per heavy atom. The van der Waals surface area contributed by atoms with E-state index in [2.05, 4.69) is 5.32 Å².